The van der Waals surface area contributed by atoms with Crippen LogP contribution in [-0.2, 0) is 38.1 Å². The molecule has 1 unspecified atom stereocenters. The highest BCUT2D eigenvalue weighted by Gasteiger charge is 2.17. The molecule has 0 aliphatic carbocycles. The van der Waals surface area contributed by atoms with Gasteiger partial charge in [0.2, 0.25) is 0 Å². The van der Waals surface area contributed by atoms with Crippen LogP contribution in [0, 0.1) is 5.92 Å². The second kappa shape index (κ2) is 36.6. The molecule has 50 heavy (non-hydrogen) atoms. The molecule has 0 fully saturated rings. The third-order valence-electron chi connectivity index (χ3n) is 9.06. The first-order valence-electron chi connectivity index (χ1n) is 20.6. The SMILES string of the molecule is CCCCCCCCC(CCCCCCCC)OC(=O)CCCC(=O)OCC(CO)COC(=O)CCCCCCCC(=O)OCCCCCC. The van der Waals surface area contributed by atoms with E-state index >= 15 is 0 Å². The van der Waals surface area contributed by atoms with Gasteiger partial charge in [0.05, 0.1) is 32.3 Å². The molecule has 0 rings (SSSR count). The first-order chi connectivity index (χ1) is 24.4. The molecule has 294 valence electrons. The van der Waals surface area contributed by atoms with Crippen molar-refractivity contribution in [3.63, 3.8) is 0 Å². The van der Waals surface area contributed by atoms with Gasteiger partial charge in [0, 0.05) is 25.7 Å². The molecule has 0 aromatic carbocycles. The van der Waals surface area contributed by atoms with Crippen LogP contribution in [0.15, 0.2) is 0 Å². The zero-order chi connectivity index (χ0) is 36.9. The molecule has 0 aliphatic heterocycles. The fourth-order valence-corrected chi connectivity index (χ4v) is 5.76. The first-order valence-corrected chi connectivity index (χ1v) is 20.6. The summed E-state index contributed by atoms with van der Waals surface area (Å²) in [4.78, 5) is 48.8. The summed E-state index contributed by atoms with van der Waals surface area (Å²) in [5, 5.41) is 9.66. The summed E-state index contributed by atoms with van der Waals surface area (Å²) >= 11 is 0. The average Bonchev–Trinajstić information content (AvgIpc) is 3.10. The highest BCUT2D eigenvalue weighted by atomic mass is 16.6. The van der Waals surface area contributed by atoms with Crippen LogP contribution in [0.3, 0.4) is 0 Å². The molecule has 0 radical (unpaired) electrons. The van der Waals surface area contributed by atoms with Crippen LogP contribution in [-0.4, -0.2) is 61.5 Å². The number of hydrogen-bond acceptors (Lipinski definition) is 9. The van der Waals surface area contributed by atoms with Gasteiger partial charge in [-0.15, -0.1) is 0 Å². The highest BCUT2D eigenvalue weighted by molar-refractivity contribution is 5.72. The monoisotopic (exact) mass is 713 g/mol. The number of unbranched alkanes of at least 4 members (excludes halogenated alkanes) is 17. The van der Waals surface area contributed by atoms with Gasteiger partial charge in [-0.05, 0) is 51.4 Å². The van der Waals surface area contributed by atoms with Crippen molar-refractivity contribution in [2.24, 2.45) is 5.92 Å². The van der Waals surface area contributed by atoms with Crippen LogP contribution in [0.5, 0.6) is 0 Å². The van der Waals surface area contributed by atoms with E-state index in [1.165, 1.54) is 70.6 Å². The topological polar surface area (TPSA) is 125 Å². The van der Waals surface area contributed by atoms with Gasteiger partial charge in [0.15, 0.2) is 0 Å². The van der Waals surface area contributed by atoms with E-state index in [0.717, 1.165) is 70.6 Å². The lowest BCUT2D eigenvalue weighted by molar-refractivity contribution is -0.151. The Labute approximate surface area is 305 Å². The van der Waals surface area contributed by atoms with Crippen molar-refractivity contribution in [1.82, 2.24) is 0 Å². The maximum absolute atomic E-state index is 12.6. The number of carbonyl (C=O) groups is 4. The second-order valence-corrected chi connectivity index (χ2v) is 14.0. The van der Waals surface area contributed by atoms with Gasteiger partial charge in [-0.2, -0.15) is 0 Å². The summed E-state index contributed by atoms with van der Waals surface area (Å²) in [5.74, 6) is -1.67. The first kappa shape index (κ1) is 47.8. The van der Waals surface area contributed by atoms with Gasteiger partial charge in [0.25, 0.3) is 0 Å². The normalized spacial score (nSPS) is 11.8. The third kappa shape index (κ3) is 33.0. The van der Waals surface area contributed by atoms with E-state index in [1.807, 2.05) is 0 Å². The Morgan fingerprint density at radius 1 is 0.440 bits per heavy atom. The largest absolute Gasteiger partial charge is 0.466 e. The Bertz CT molecular complexity index is 800. The Balaban J connectivity index is 4.10. The summed E-state index contributed by atoms with van der Waals surface area (Å²) in [6.07, 6.45) is 26.1. The van der Waals surface area contributed by atoms with E-state index in [-0.39, 0.29) is 63.1 Å². The van der Waals surface area contributed by atoms with Crippen molar-refractivity contribution in [2.75, 3.05) is 26.4 Å². The summed E-state index contributed by atoms with van der Waals surface area (Å²) in [7, 11) is 0. The molecule has 0 aromatic rings. The van der Waals surface area contributed by atoms with Crippen LogP contribution in [0.2, 0.25) is 0 Å². The van der Waals surface area contributed by atoms with Crippen molar-refractivity contribution in [3.8, 4) is 0 Å². The number of carbonyl (C=O) groups excluding carboxylic acids is 4. The quantitative estimate of drug-likeness (QED) is 0.0380. The van der Waals surface area contributed by atoms with Crippen LogP contribution in [0.25, 0.3) is 0 Å². The smallest absolute Gasteiger partial charge is 0.306 e. The van der Waals surface area contributed by atoms with Crippen molar-refractivity contribution in [1.29, 1.82) is 0 Å². The Morgan fingerprint density at radius 3 is 1.30 bits per heavy atom. The molecular weight excluding hydrogens is 636 g/mol. The molecule has 9 nitrogen and oxygen atoms in total. The van der Waals surface area contributed by atoms with Gasteiger partial charge < -0.3 is 24.1 Å². The Hall–Kier alpha value is -2.16. The predicted octanol–water partition coefficient (Wildman–Crippen LogP) is 10.1. The van der Waals surface area contributed by atoms with Crippen molar-refractivity contribution in [3.05, 3.63) is 0 Å². The summed E-state index contributed by atoms with van der Waals surface area (Å²) in [6.45, 7) is 6.76. The molecule has 0 saturated carbocycles. The molecule has 1 N–H and O–H groups in total. The molecule has 0 aromatic heterocycles. The number of aliphatic hydroxyl groups is 1. The van der Waals surface area contributed by atoms with E-state index in [2.05, 4.69) is 20.8 Å². The molecular formula is C41H76O9. The number of ether oxygens (including phenoxy) is 4. The van der Waals surface area contributed by atoms with E-state index in [1.54, 1.807) is 0 Å². The maximum Gasteiger partial charge on any atom is 0.306 e. The van der Waals surface area contributed by atoms with E-state index in [0.29, 0.717) is 25.9 Å². The number of hydrogen-bond donors (Lipinski definition) is 1. The van der Waals surface area contributed by atoms with Crippen LogP contribution in [0.1, 0.15) is 201 Å². The minimum atomic E-state index is -0.496. The van der Waals surface area contributed by atoms with Gasteiger partial charge >= 0.3 is 23.9 Å². The second-order valence-electron chi connectivity index (χ2n) is 14.0. The predicted molar refractivity (Wildman–Crippen MR) is 200 cm³/mol. The van der Waals surface area contributed by atoms with Gasteiger partial charge in [0.1, 0.15) is 6.10 Å². The summed E-state index contributed by atoms with van der Waals surface area (Å²) < 4.78 is 21.7. The van der Waals surface area contributed by atoms with Crippen molar-refractivity contribution in [2.45, 2.75) is 207 Å². The van der Waals surface area contributed by atoms with E-state index in [9.17, 15) is 24.3 Å². The molecule has 9 heteroatoms. The van der Waals surface area contributed by atoms with Crippen LogP contribution in [0.4, 0.5) is 0 Å². The minimum absolute atomic E-state index is 0.0198. The lowest BCUT2D eigenvalue weighted by atomic mass is 10.0. The fraction of sp³-hybridized carbons (Fsp3) is 0.902. The number of rotatable bonds is 37. The van der Waals surface area contributed by atoms with Crippen molar-refractivity contribution < 1.29 is 43.2 Å². The molecule has 0 bridgehead atoms. The van der Waals surface area contributed by atoms with Gasteiger partial charge in [-0.25, -0.2) is 0 Å². The highest BCUT2D eigenvalue weighted by Crippen LogP contribution is 2.18. The zero-order valence-corrected chi connectivity index (χ0v) is 32.5. The average molecular weight is 713 g/mol. The lowest BCUT2D eigenvalue weighted by Gasteiger charge is -2.18. The number of esters is 4. The standard InChI is InChI=1S/C41H76O9/c1-4-7-10-13-16-20-26-37(27-21-17-14-11-8-5-2)50-41(46)31-25-30-40(45)49-35-36(33-42)34-48-39(44)29-23-19-15-18-22-28-38(43)47-32-24-12-9-6-3/h36-37,42H,4-35H2,1-3H3. The third-order valence-corrected chi connectivity index (χ3v) is 9.06. The molecule has 1 atom stereocenters. The molecule has 0 heterocycles. The van der Waals surface area contributed by atoms with Crippen molar-refractivity contribution >= 4 is 23.9 Å². The maximum atomic E-state index is 12.6. The van der Waals surface area contributed by atoms with Gasteiger partial charge in [-0.1, -0.05) is 124 Å². The Kier molecular flexibility index (Phi) is 35.0. The van der Waals surface area contributed by atoms with E-state index < -0.39 is 11.9 Å². The Morgan fingerprint density at radius 2 is 0.820 bits per heavy atom. The zero-order valence-electron chi connectivity index (χ0n) is 32.5. The molecule has 0 amide bonds. The minimum Gasteiger partial charge on any atom is -0.466 e. The van der Waals surface area contributed by atoms with Crippen LogP contribution < -0.4 is 0 Å². The molecule has 0 spiro atoms. The van der Waals surface area contributed by atoms with Gasteiger partial charge in [-0.3, -0.25) is 19.2 Å². The fourth-order valence-electron chi connectivity index (χ4n) is 5.76. The van der Waals surface area contributed by atoms with E-state index in [4.69, 9.17) is 18.9 Å². The number of aliphatic hydroxyl groups excluding tert-OH is 1. The lowest BCUT2D eigenvalue weighted by Crippen LogP contribution is -2.24. The molecule has 0 saturated heterocycles. The summed E-state index contributed by atoms with van der Waals surface area (Å²) in [5.41, 5.74) is 0. The van der Waals surface area contributed by atoms with Crippen LogP contribution >= 0.6 is 0 Å². The molecule has 0 aliphatic rings. The summed E-state index contributed by atoms with van der Waals surface area (Å²) in [6, 6.07) is 0.